The highest BCUT2D eigenvalue weighted by molar-refractivity contribution is 6.30. The van der Waals surface area contributed by atoms with E-state index in [1.54, 1.807) is 29.2 Å². The Hall–Kier alpha value is -2.42. The molecule has 4 aliphatic rings. The number of amides is 4. The number of furan rings is 1. The van der Waals surface area contributed by atoms with Gasteiger partial charge in [-0.3, -0.25) is 33.9 Å². The summed E-state index contributed by atoms with van der Waals surface area (Å²) in [6.45, 7) is 0.132. The molecule has 0 spiro atoms. The second-order valence-corrected chi connectivity index (χ2v) is 9.98. The molecule has 10 heteroatoms. The zero-order chi connectivity index (χ0) is 23.3. The van der Waals surface area contributed by atoms with Gasteiger partial charge in [-0.1, -0.05) is 35.4 Å². The second-order valence-electron chi connectivity index (χ2n) is 9.01. The summed E-state index contributed by atoms with van der Waals surface area (Å²) in [5, 5.41) is 1.18. The van der Waals surface area contributed by atoms with Gasteiger partial charge in [-0.25, -0.2) is 0 Å². The molecule has 0 aromatic carbocycles. The maximum atomic E-state index is 13.0. The third-order valence-electron chi connectivity index (χ3n) is 6.96. The molecule has 2 fully saturated rings. The van der Waals surface area contributed by atoms with E-state index in [2.05, 4.69) is 0 Å². The van der Waals surface area contributed by atoms with Crippen LogP contribution in [0.2, 0.25) is 0 Å². The van der Waals surface area contributed by atoms with Gasteiger partial charge < -0.3 is 4.42 Å². The van der Waals surface area contributed by atoms with Crippen molar-refractivity contribution in [2.75, 3.05) is 13.3 Å². The Kier molecular flexibility index (Phi) is 5.93. The van der Waals surface area contributed by atoms with Crippen LogP contribution in [0, 0.1) is 23.7 Å². The monoisotopic (exact) mass is 491 g/mol. The lowest BCUT2D eigenvalue weighted by atomic mass is 9.85. The number of imide groups is 2. The van der Waals surface area contributed by atoms with E-state index < -0.39 is 23.7 Å². The quantitative estimate of drug-likeness (QED) is 0.568. The van der Waals surface area contributed by atoms with Crippen LogP contribution in [0.3, 0.4) is 0 Å². The summed E-state index contributed by atoms with van der Waals surface area (Å²) < 4.78 is 5.45. The van der Waals surface area contributed by atoms with Crippen molar-refractivity contribution in [3.05, 3.63) is 46.4 Å². The molecule has 4 atom stereocenters. The highest BCUT2D eigenvalue weighted by Gasteiger charge is 2.51. The van der Waals surface area contributed by atoms with E-state index in [1.165, 1.54) is 16.1 Å². The van der Waals surface area contributed by atoms with E-state index >= 15 is 0 Å². The van der Waals surface area contributed by atoms with Gasteiger partial charge >= 0.3 is 0 Å². The predicted molar refractivity (Wildman–Crippen MR) is 118 cm³/mol. The lowest BCUT2D eigenvalue weighted by Gasteiger charge is -2.29. The molecule has 0 radical (unpaired) electrons. The Balaban J connectivity index is 1.35. The van der Waals surface area contributed by atoms with E-state index in [-0.39, 0.29) is 43.5 Å². The molecular weight excluding hydrogens is 469 g/mol. The number of likely N-dealkylation sites (tertiary alicyclic amines) is 2. The SMILES string of the molecule is O=C1[C@H]2CC=C(Cl)C[C@@H]2C(=O)N1CN(Cc1ccco1)CN1C(=O)[C@H]2CC(Cl)=CC[C@H]2C1=O. The standard InChI is InChI=1S/C23H23Cl2N3O5/c24-13-3-5-16-18(8-13)22(31)27(20(16)29)11-26(10-15-2-1-7-33-15)12-28-21(30)17-6-4-14(25)9-19(17)23(28)32/h1-4,7,16-19H,5-6,8-12H2/t16-,17+,18-,19-/m0/s1. The third-order valence-corrected chi connectivity index (χ3v) is 7.58. The van der Waals surface area contributed by atoms with Crippen LogP contribution in [0.15, 0.2) is 45.0 Å². The fourth-order valence-electron chi connectivity index (χ4n) is 5.24. The Labute approximate surface area is 200 Å². The number of hydrogen-bond donors (Lipinski definition) is 0. The van der Waals surface area contributed by atoms with Crippen LogP contribution in [0.25, 0.3) is 0 Å². The molecule has 4 amide bonds. The number of nitrogens with zero attached hydrogens (tertiary/aromatic N) is 3. The van der Waals surface area contributed by atoms with Gasteiger partial charge in [0.05, 0.1) is 49.8 Å². The molecule has 5 rings (SSSR count). The van der Waals surface area contributed by atoms with Gasteiger partial charge in [-0.15, -0.1) is 0 Å². The van der Waals surface area contributed by atoms with Gasteiger partial charge in [0.1, 0.15) is 5.76 Å². The summed E-state index contributed by atoms with van der Waals surface area (Å²) in [5.74, 6) is -2.23. The predicted octanol–water partition coefficient (Wildman–Crippen LogP) is 3.03. The molecule has 2 aliphatic heterocycles. The molecule has 0 saturated carbocycles. The van der Waals surface area contributed by atoms with Gasteiger partial charge in [0.15, 0.2) is 0 Å². The molecule has 0 N–H and O–H groups in total. The van der Waals surface area contributed by atoms with Crippen molar-refractivity contribution in [3.63, 3.8) is 0 Å². The van der Waals surface area contributed by atoms with E-state index in [4.69, 9.17) is 27.6 Å². The lowest BCUT2D eigenvalue weighted by molar-refractivity contribution is -0.145. The molecule has 8 nitrogen and oxygen atoms in total. The summed E-state index contributed by atoms with van der Waals surface area (Å²) in [6, 6.07) is 3.50. The number of carbonyl (C=O) groups excluding carboxylic acids is 4. The van der Waals surface area contributed by atoms with Gasteiger partial charge in [0, 0.05) is 10.1 Å². The van der Waals surface area contributed by atoms with Crippen molar-refractivity contribution in [3.8, 4) is 0 Å². The summed E-state index contributed by atoms with van der Waals surface area (Å²) in [7, 11) is 0. The molecular formula is C23H23Cl2N3O5. The van der Waals surface area contributed by atoms with Crippen molar-refractivity contribution in [2.45, 2.75) is 32.2 Å². The van der Waals surface area contributed by atoms with Gasteiger partial charge in [0.25, 0.3) is 0 Å². The average Bonchev–Trinajstić information content (AvgIpc) is 3.44. The Morgan fingerprint density at radius 3 is 1.76 bits per heavy atom. The average molecular weight is 492 g/mol. The molecule has 1 aromatic rings. The van der Waals surface area contributed by atoms with Crippen LogP contribution in [-0.2, 0) is 25.7 Å². The van der Waals surface area contributed by atoms with Gasteiger partial charge in [-0.2, -0.15) is 0 Å². The fraction of sp³-hybridized carbons (Fsp3) is 0.478. The first kappa shape index (κ1) is 22.4. The number of fused-ring (bicyclic) bond motifs is 2. The molecule has 174 valence electrons. The summed E-state index contributed by atoms with van der Waals surface area (Å²) in [4.78, 5) is 56.3. The first-order chi connectivity index (χ1) is 15.8. The molecule has 1 aromatic heterocycles. The van der Waals surface area contributed by atoms with Crippen molar-refractivity contribution < 1.29 is 23.6 Å². The Morgan fingerprint density at radius 2 is 1.30 bits per heavy atom. The summed E-state index contributed by atoms with van der Waals surface area (Å²) in [5.41, 5.74) is 0. The van der Waals surface area contributed by atoms with E-state index in [9.17, 15) is 19.2 Å². The van der Waals surface area contributed by atoms with E-state index in [0.29, 0.717) is 41.5 Å². The van der Waals surface area contributed by atoms with Crippen LogP contribution in [0.1, 0.15) is 31.4 Å². The maximum Gasteiger partial charge on any atom is 0.234 e. The van der Waals surface area contributed by atoms with Crippen LogP contribution < -0.4 is 0 Å². The number of hydrogen-bond acceptors (Lipinski definition) is 6. The van der Waals surface area contributed by atoms with Gasteiger partial charge in [-0.05, 0) is 37.8 Å². The van der Waals surface area contributed by atoms with E-state index in [1.807, 2.05) is 0 Å². The summed E-state index contributed by atoms with van der Waals surface area (Å²) >= 11 is 12.2. The van der Waals surface area contributed by atoms with Crippen LogP contribution in [0.5, 0.6) is 0 Å². The number of halogens is 2. The first-order valence-electron chi connectivity index (χ1n) is 11.0. The molecule has 0 unspecified atom stereocenters. The number of allylic oxidation sites excluding steroid dienone is 4. The minimum absolute atomic E-state index is 0.0472. The summed E-state index contributed by atoms with van der Waals surface area (Å²) in [6.07, 6.45) is 6.68. The molecule has 33 heavy (non-hydrogen) atoms. The van der Waals surface area contributed by atoms with Crippen LogP contribution in [-0.4, -0.2) is 51.7 Å². The number of rotatable bonds is 6. The zero-order valence-corrected chi connectivity index (χ0v) is 19.3. The van der Waals surface area contributed by atoms with E-state index in [0.717, 1.165) is 0 Å². The first-order valence-corrected chi connectivity index (χ1v) is 11.7. The van der Waals surface area contributed by atoms with Crippen molar-refractivity contribution in [1.29, 1.82) is 0 Å². The molecule has 2 aliphatic carbocycles. The normalized spacial score (nSPS) is 29.5. The molecule has 3 heterocycles. The highest BCUT2D eigenvalue weighted by Crippen LogP contribution is 2.40. The van der Waals surface area contributed by atoms with Crippen molar-refractivity contribution in [2.24, 2.45) is 23.7 Å². The van der Waals surface area contributed by atoms with Crippen molar-refractivity contribution >= 4 is 46.8 Å². The lowest BCUT2D eigenvalue weighted by Crippen LogP contribution is -2.47. The molecule has 0 bridgehead atoms. The smallest absolute Gasteiger partial charge is 0.234 e. The highest BCUT2D eigenvalue weighted by atomic mass is 35.5. The minimum atomic E-state index is -0.466. The largest absolute Gasteiger partial charge is 0.468 e. The second kappa shape index (κ2) is 8.74. The van der Waals surface area contributed by atoms with Gasteiger partial charge in [0.2, 0.25) is 23.6 Å². The maximum absolute atomic E-state index is 13.0. The Bertz CT molecular complexity index is 1000. The topological polar surface area (TPSA) is 91.1 Å². The van der Waals surface area contributed by atoms with Crippen LogP contribution >= 0.6 is 23.2 Å². The van der Waals surface area contributed by atoms with Crippen molar-refractivity contribution in [1.82, 2.24) is 14.7 Å². The Morgan fingerprint density at radius 1 is 0.818 bits per heavy atom. The number of carbonyl (C=O) groups is 4. The third kappa shape index (κ3) is 4.05. The van der Waals surface area contributed by atoms with Crippen LogP contribution in [0.4, 0.5) is 0 Å². The minimum Gasteiger partial charge on any atom is -0.468 e. The fourth-order valence-corrected chi connectivity index (χ4v) is 5.75. The molecule has 2 saturated heterocycles. The zero-order valence-electron chi connectivity index (χ0n) is 17.8.